The summed E-state index contributed by atoms with van der Waals surface area (Å²) in [5, 5.41) is 8.24. The summed E-state index contributed by atoms with van der Waals surface area (Å²) in [5.74, 6) is 0.549. The smallest absolute Gasteiger partial charge is 0.227 e. The molecule has 4 rings (SSSR count). The maximum Gasteiger partial charge on any atom is 0.227 e. The van der Waals surface area contributed by atoms with Crippen molar-refractivity contribution in [3.63, 3.8) is 0 Å². The van der Waals surface area contributed by atoms with Crippen LogP contribution in [0.2, 0.25) is 5.02 Å². The molecule has 0 atom stereocenters. The highest BCUT2D eigenvalue weighted by Gasteiger charge is 2.09. The van der Waals surface area contributed by atoms with Gasteiger partial charge in [0.05, 0.1) is 5.69 Å². The van der Waals surface area contributed by atoms with Gasteiger partial charge in [-0.25, -0.2) is 4.98 Å². The van der Waals surface area contributed by atoms with E-state index < -0.39 is 0 Å². The lowest BCUT2D eigenvalue weighted by atomic mass is 10.2. The number of rotatable bonds is 2. The van der Waals surface area contributed by atoms with Gasteiger partial charge in [-0.05, 0) is 30.3 Å². The highest BCUT2D eigenvalue weighted by Crippen LogP contribution is 2.27. The van der Waals surface area contributed by atoms with Crippen molar-refractivity contribution in [3.05, 3.63) is 60.1 Å². The number of hydrogen-bond acceptors (Lipinski definition) is 4. The molecule has 6 heteroatoms. The summed E-state index contributed by atoms with van der Waals surface area (Å²) < 4.78 is 7.63. The maximum atomic E-state index is 6.00. The quantitative estimate of drug-likeness (QED) is 0.565. The minimum absolute atomic E-state index is 0.549. The van der Waals surface area contributed by atoms with Crippen molar-refractivity contribution in [1.82, 2.24) is 19.7 Å². The van der Waals surface area contributed by atoms with E-state index in [0.717, 1.165) is 16.8 Å². The third-order valence-electron chi connectivity index (χ3n) is 3.16. The van der Waals surface area contributed by atoms with Crippen molar-refractivity contribution < 1.29 is 4.42 Å². The lowest BCUT2D eigenvalue weighted by Gasteiger charge is -1.98. The van der Waals surface area contributed by atoms with Crippen LogP contribution in [0.1, 0.15) is 0 Å². The van der Waals surface area contributed by atoms with Crippen molar-refractivity contribution >= 4 is 22.7 Å². The normalized spacial score (nSPS) is 11.1. The Bertz CT molecular complexity index is 914. The molecule has 2 aromatic heterocycles. The van der Waals surface area contributed by atoms with Crippen LogP contribution in [0.15, 0.2) is 59.5 Å². The Morgan fingerprint density at radius 3 is 2.67 bits per heavy atom. The molecule has 0 aliphatic carbocycles. The third-order valence-corrected chi connectivity index (χ3v) is 3.40. The van der Waals surface area contributed by atoms with E-state index in [1.54, 1.807) is 17.2 Å². The fraction of sp³-hybridized carbons (Fsp3) is 0. The second-order valence-corrected chi connectivity index (χ2v) is 4.99. The molecule has 2 heterocycles. The molecule has 0 spiro atoms. The highest BCUT2D eigenvalue weighted by atomic mass is 35.5. The molecule has 0 radical (unpaired) electrons. The molecule has 0 bridgehead atoms. The predicted octanol–water partition coefficient (Wildman–Crippen LogP) is 3.73. The van der Waals surface area contributed by atoms with Crippen LogP contribution in [0, 0.1) is 0 Å². The predicted molar refractivity (Wildman–Crippen MR) is 79.4 cm³/mol. The molecule has 4 aromatic rings. The summed E-state index contributed by atoms with van der Waals surface area (Å²) in [6, 6.07) is 13.2. The molecule has 0 aliphatic heterocycles. The molecule has 0 saturated carbocycles. The molecular formula is C15H9ClN4O. The zero-order valence-corrected chi connectivity index (χ0v) is 11.5. The van der Waals surface area contributed by atoms with Crippen LogP contribution in [0.3, 0.4) is 0 Å². The van der Waals surface area contributed by atoms with Crippen molar-refractivity contribution in [3.8, 4) is 17.1 Å². The molecule has 102 valence electrons. The molecule has 0 saturated heterocycles. The number of halogens is 1. The number of oxazole rings is 1. The summed E-state index contributed by atoms with van der Waals surface area (Å²) in [6.45, 7) is 0. The topological polar surface area (TPSA) is 56.7 Å². The maximum absolute atomic E-state index is 6.00. The number of nitrogens with zero attached hydrogens (tertiary/aromatic N) is 4. The summed E-state index contributed by atoms with van der Waals surface area (Å²) in [5.41, 5.74) is 3.27. The summed E-state index contributed by atoms with van der Waals surface area (Å²) in [6.07, 6.45) is 3.27. The zero-order chi connectivity index (χ0) is 14.2. The molecule has 2 aromatic carbocycles. The lowest BCUT2D eigenvalue weighted by Crippen LogP contribution is -1.88. The van der Waals surface area contributed by atoms with Gasteiger partial charge >= 0.3 is 0 Å². The van der Waals surface area contributed by atoms with Crippen LogP contribution in [-0.2, 0) is 0 Å². The fourth-order valence-corrected chi connectivity index (χ4v) is 2.34. The zero-order valence-electron chi connectivity index (χ0n) is 10.8. The minimum atomic E-state index is 0.549. The molecule has 21 heavy (non-hydrogen) atoms. The second kappa shape index (κ2) is 4.71. The van der Waals surface area contributed by atoms with E-state index in [2.05, 4.69) is 15.2 Å². The van der Waals surface area contributed by atoms with Gasteiger partial charge in [-0.1, -0.05) is 17.7 Å². The van der Waals surface area contributed by atoms with Crippen LogP contribution in [0.4, 0.5) is 0 Å². The Morgan fingerprint density at radius 1 is 1.00 bits per heavy atom. The van der Waals surface area contributed by atoms with Crippen molar-refractivity contribution in [2.45, 2.75) is 0 Å². The number of hydrogen-bond donors (Lipinski definition) is 0. The first kappa shape index (κ1) is 12.1. The van der Waals surface area contributed by atoms with Gasteiger partial charge in [0.2, 0.25) is 5.89 Å². The Balaban J connectivity index is 1.83. The molecular weight excluding hydrogens is 288 g/mol. The van der Waals surface area contributed by atoms with Gasteiger partial charge in [0.25, 0.3) is 0 Å². The van der Waals surface area contributed by atoms with E-state index >= 15 is 0 Å². The van der Waals surface area contributed by atoms with E-state index in [-0.39, 0.29) is 0 Å². The van der Waals surface area contributed by atoms with E-state index in [1.165, 1.54) is 0 Å². The standard InChI is InChI=1S/C15H9ClN4O/c16-11-3-1-2-10(6-11)15-19-13-5-4-12(7-14(13)21-15)20-8-17-18-9-20/h1-9H. The SMILES string of the molecule is Clc1cccc(-c2nc3ccc(-n4cnnc4)cc3o2)c1. The molecule has 0 N–H and O–H groups in total. The Morgan fingerprint density at radius 2 is 1.86 bits per heavy atom. The molecule has 0 aliphatic rings. The molecule has 5 nitrogen and oxygen atoms in total. The van der Waals surface area contributed by atoms with E-state index in [9.17, 15) is 0 Å². The Labute approximate surface area is 124 Å². The van der Waals surface area contributed by atoms with E-state index in [1.807, 2.05) is 42.5 Å². The van der Waals surface area contributed by atoms with Crippen molar-refractivity contribution in [2.75, 3.05) is 0 Å². The van der Waals surface area contributed by atoms with E-state index in [4.69, 9.17) is 16.0 Å². The van der Waals surface area contributed by atoms with Crippen molar-refractivity contribution in [2.24, 2.45) is 0 Å². The number of aromatic nitrogens is 4. The van der Waals surface area contributed by atoms with Gasteiger partial charge in [-0.3, -0.25) is 4.57 Å². The summed E-state index contributed by atoms with van der Waals surface area (Å²) in [4.78, 5) is 4.48. The lowest BCUT2D eigenvalue weighted by molar-refractivity contribution is 0.619. The van der Waals surface area contributed by atoms with Crippen LogP contribution in [-0.4, -0.2) is 19.7 Å². The number of fused-ring (bicyclic) bond motifs is 1. The van der Waals surface area contributed by atoms with Gasteiger partial charge in [-0.2, -0.15) is 0 Å². The molecule has 0 fully saturated rings. The summed E-state index contributed by atoms with van der Waals surface area (Å²) >= 11 is 6.00. The van der Waals surface area contributed by atoms with Crippen molar-refractivity contribution in [1.29, 1.82) is 0 Å². The second-order valence-electron chi connectivity index (χ2n) is 4.55. The minimum Gasteiger partial charge on any atom is -0.436 e. The Kier molecular flexibility index (Phi) is 2.72. The summed E-state index contributed by atoms with van der Waals surface area (Å²) in [7, 11) is 0. The third kappa shape index (κ3) is 2.17. The highest BCUT2D eigenvalue weighted by molar-refractivity contribution is 6.30. The molecule has 0 unspecified atom stereocenters. The van der Waals surface area contributed by atoms with Crippen LogP contribution in [0.5, 0.6) is 0 Å². The first-order valence-corrected chi connectivity index (χ1v) is 6.69. The van der Waals surface area contributed by atoms with Gasteiger partial charge < -0.3 is 4.42 Å². The average Bonchev–Trinajstić information content (AvgIpc) is 3.16. The monoisotopic (exact) mass is 296 g/mol. The molecule has 0 amide bonds. The van der Waals surface area contributed by atoms with Gasteiger partial charge in [-0.15, -0.1) is 10.2 Å². The largest absolute Gasteiger partial charge is 0.436 e. The van der Waals surface area contributed by atoms with Crippen LogP contribution in [0.25, 0.3) is 28.2 Å². The van der Waals surface area contributed by atoms with Gasteiger partial charge in [0.1, 0.15) is 18.2 Å². The Hall–Kier alpha value is -2.66. The first-order chi connectivity index (χ1) is 10.3. The number of benzene rings is 2. The van der Waals surface area contributed by atoms with Crippen LogP contribution >= 0.6 is 11.6 Å². The fourth-order valence-electron chi connectivity index (χ4n) is 2.15. The average molecular weight is 297 g/mol. The van der Waals surface area contributed by atoms with Gasteiger partial charge in [0.15, 0.2) is 5.58 Å². The first-order valence-electron chi connectivity index (χ1n) is 6.31. The van der Waals surface area contributed by atoms with Crippen LogP contribution < -0.4 is 0 Å². The van der Waals surface area contributed by atoms with E-state index in [0.29, 0.717) is 16.5 Å². The van der Waals surface area contributed by atoms with Gasteiger partial charge in [0, 0.05) is 16.7 Å².